The number of carbonyl (C=O) groups excluding carboxylic acids is 1. The molecule has 1 aliphatic rings. The zero-order valence-corrected chi connectivity index (χ0v) is 10.7. The number of nitrogens with one attached hydrogen (secondary N) is 2. The highest BCUT2D eigenvalue weighted by atomic mass is 16.6. The van der Waals surface area contributed by atoms with Gasteiger partial charge in [0.1, 0.15) is 0 Å². The Labute approximate surface area is 108 Å². The van der Waals surface area contributed by atoms with Crippen LogP contribution in [0.15, 0.2) is 30.3 Å². The van der Waals surface area contributed by atoms with E-state index in [2.05, 4.69) is 10.8 Å². The van der Waals surface area contributed by atoms with E-state index in [9.17, 15) is 4.79 Å². The summed E-state index contributed by atoms with van der Waals surface area (Å²) in [5.74, 6) is -0.0570. The first-order chi connectivity index (χ1) is 8.77. The number of hydrogen-bond acceptors (Lipinski definition) is 3. The van der Waals surface area contributed by atoms with E-state index < -0.39 is 5.54 Å². The van der Waals surface area contributed by atoms with Gasteiger partial charge in [-0.1, -0.05) is 37.3 Å². The van der Waals surface area contributed by atoms with Gasteiger partial charge in [0.15, 0.2) is 0 Å². The first kappa shape index (κ1) is 13.1. The summed E-state index contributed by atoms with van der Waals surface area (Å²) in [5.41, 5.74) is 3.17. The van der Waals surface area contributed by atoms with Crippen LogP contribution >= 0.6 is 0 Å². The SMILES string of the molecule is CCC1(C(=O)NOCc2ccccc2)CCCN1. The fourth-order valence-electron chi connectivity index (χ4n) is 2.32. The zero-order valence-electron chi connectivity index (χ0n) is 10.7. The Balaban J connectivity index is 1.81. The zero-order chi connectivity index (χ0) is 12.8. The Morgan fingerprint density at radius 1 is 1.44 bits per heavy atom. The van der Waals surface area contributed by atoms with Crippen LogP contribution < -0.4 is 10.8 Å². The van der Waals surface area contributed by atoms with Crippen molar-refractivity contribution in [2.24, 2.45) is 0 Å². The molecule has 1 amide bonds. The molecule has 0 aliphatic carbocycles. The molecule has 2 N–H and O–H groups in total. The summed E-state index contributed by atoms with van der Waals surface area (Å²) >= 11 is 0. The minimum absolute atomic E-state index is 0.0570. The second kappa shape index (κ2) is 5.98. The molecule has 1 heterocycles. The molecule has 18 heavy (non-hydrogen) atoms. The average Bonchev–Trinajstić information content (AvgIpc) is 2.90. The van der Waals surface area contributed by atoms with Gasteiger partial charge in [0.25, 0.3) is 5.91 Å². The van der Waals surface area contributed by atoms with Crippen LogP contribution in [0.1, 0.15) is 31.7 Å². The second-order valence-electron chi connectivity index (χ2n) is 4.67. The van der Waals surface area contributed by atoms with E-state index in [1.165, 1.54) is 0 Å². The van der Waals surface area contributed by atoms with Crippen LogP contribution in [0.2, 0.25) is 0 Å². The van der Waals surface area contributed by atoms with Gasteiger partial charge in [-0.2, -0.15) is 0 Å². The van der Waals surface area contributed by atoms with Crippen LogP contribution in [0.5, 0.6) is 0 Å². The summed E-state index contributed by atoms with van der Waals surface area (Å²) < 4.78 is 0. The summed E-state index contributed by atoms with van der Waals surface area (Å²) in [6.07, 6.45) is 2.71. The molecule has 2 rings (SSSR count). The lowest BCUT2D eigenvalue weighted by atomic mass is 9.94. The molecule has 0 saturated carbocycles. The molecule has 1 aliphatic heterocycles. The van der Waals surface area contributed by atoms with Gasteiger partial charge in [-0.15, -0.1) is 0 Å². The van der Waals surface area contributed by atoms with Crippen molar-refractivity contribution in [3.8, 4) is 0 Å². The van der Waals surface area contributed by atoms with Gasteiger partial charge < -0.3 is 5.32 Å². The second-order valence-corrected chi connectivity index (χ2v) is 4.67. The number of hydroxylamine groups is 1. The Morgan fingerprint density at radius 2 is 2.22 bits per heavy atom. The van der Waals surface area contributed by atoms with Crippen molar-refractivity contribution in [2.45, 2.75) is 38.3 Å². The number of amides is 1. The molecule has 1 saturated heterocycles. The molecule has 0 bridgehead atoms. The first-order valence-corrected chi connectivity index (χ1v) is 6.48. The molecule has 4 nitrogen and oxygen atoms in total. The van der Waals surface area contributed by atoms with Gasteiger partial charge in [-0.05, 0) is 31.4 Å². The smallest absolute Gasteiger partial charge is 0.263 e. The minimum atomic E-state index is -0.434. The number of hydrogen-bond donors (Lipinski definition) is 2. The number of rotatable bonds is 5. The maximum Gasteiger partial charge on any atom is 0.263 e. The molecule has 4 heteroatoms. The van der Waals surface area contributed by atoms with Crippen molar-refractivity contribution in [3.63, 3.8) is 0 Å². The summed E-state index contributed by atoms with van der Waals surface area (Å²) in [7, 11) is 0. The van der Waals surface area contributed by atoms with Crippen molar-refractivity contribution in [1.29, 1.82) is 0 Å². The van der Waals surface area contributed by atoms with Crippen LogP contribution in [0.3, 0.4) is 0 Å². The summed E-state index contributed by atoms with van der Waals surface area (Å²) in [6.45, 7) is 3.32. The van der Waals surface area contributed by atoms with Gasteiger partial charge in [0.2, 0.25) is 0 Å². The topological polar surface area (TPSA) is 50.4 Å². The van der Waals surface area contributed by atoms with E-state index in [4.69, 9.17) is 4.84 Å². The van der Waals surface area contributed by atoms with Gasteiger partial charge in [0.05, 0.1) is 12.1 Å². The predicted octanol–water partition coefficient (Wildman–Crippen LogP) is 1.77. The maximum atomic E-state index is 12.1. The highest BCUT2D eigenvalue weighted by Gasteiger charge is 2.39. The molecule has 98 valence electrons. The third-order valence-electron chi connectivity index (χ3n) is 3.53. The lowest BCUT2D eigenvalue weighted by Gasteiger charge is -2.26. The Kier molecular flexibility index (Phi) is 4.33. The highest BCUT2D eigenvalue weighted by molar-refractivity contribution is 5.85. The molecular weight excluding hydrogens is 228 g/mol. The van der Waals surface area contributed by atoms with Crippen LogP contribution in [0.4, 0.5) is 0 Å². The number of carbonyl (C=O) groups is 1. The normalized spacial score (nSPS) is 22.9. The molecule has 0 aromatic heterocycles. The molecule has 0 spiro atoms. The van der Waals surface area contributed by atoms with Crippen LogP contribution in [-0.2, 0) is 16.2 Å². The average molecular weight is 248 g/mol. The molecule has 0 radical (unpaired) electrons. The van der Waals surface area contributed by atoms with Crippen LogP contribution in [-0.4, -0.2) is 18.0 Å². The molecule has 1 aromatic carbocycles. The van der Waals surface area contributed by atoms with E-state index in [1.807, 2.05) is 37.3 Å². The predicted molar refractivity (Wildman–Crippen MR) is 69.6 cm³/mol. The Morgan fingerprint density at radius 3 is 2.83 bits per heavy atom. The monoisotopic (exact) mass is 248 g/mol. The van der Waals surface area contributed by atoms with E-state index in [0.29, 0.717) is 6.61 Å². The van der Waals surface area contributed by atoms with Crippen molar-refractivity contribution in [1.82, 2.24) is 10.8 Å². The van der Waals surface area contributed by atoms with E-state index in [0.717, 1.165) is 31.4 Å². The van der Waals surface area contributed by atoms with Crippen LogP contribution in [0, 0.1) is 0 Å². The molecule has 1 unspecified atom stereocenters. The number of benzene rings is 1. The van der Waals surface area contributed by atoms with Gasteiger partial charge in [0, 0.05) is 0 Å². The summed E-state index contributed by atoms with van der Waals surface area (Å²) in [4.78, 5) is 17.4. The Hall–Kier alpha value is -1.39. The van der Waals surface area contributed by atoms with Crippen molar-refractivity contribution < 1.29 is 9.63 Å². The lowest BCUT2D eigenvalue weighted by Crippen LogP contribution is -2.52. The third-order valence-corrected chi connectivity index (χ3v) is 3.53. The standard InChI is InChI=1S/C14H20N2O2/c1-2-14(9-6-10-15-14)13(17)16-18-11-12-7-4-3-5-8-12/h3-5,7-8,15H,2,6,9-11H2,1H3,(H,16,17). The van der Waals surface area contributed by atoms with Gasteiger partial charge in [-0.25, -0.2) is 5.48 Å². The molecular formula is C14H20N2O2. The largest absolute Gasteiger partial charge is 0.303 e. The van der Waals surface area contributed by atoms with Crippen LogP contribution in [0.25, 0.3) is 0 Å². The molecule has 1 fully saturated rings. The van der Waals surface area contributed by atoms with E-state index in [1.54, 1.807) is 0 Å². The fraction of sp³-hybridized carbons (Fsp3) is 0.500. The van der Waals surface area contributed by atoms with Gasteiger partial charge in [-0.3, -0.25) is 9.63 Å². The Bertz CT molecular complexity index is 386. The van der Waals surface area contributed by atoms with E-state index >= 15 is 0 Å². The lowest BCUT2D eigenvalue weighted by molar-refractivity contribution is -0.141. The fourth-order valence-corrected chi connectivity index (χ4v) is 2.32. The van der Waals surface area contributed by atoms with Crippen molar-refractivity contribution in [3.05, 3.63) is 35.9 Å². The van der Waals surface area contributed by atoms with E-state index in [-0.39, 0.29) is 5.91 Å². The minimum Gasteiger partial charge on any atom is -0.303 e. The molecule has 1 atom stereocenters. The maximum absolute atomic E-state index is 12.1. The third kappa shape index (κ3) is 2.89. The highest BCUT2D eigenvalue weighted by Crippen LogP contribution is 2.22. The summed E-state index contributed by atoms with van der Waals surface area (Å²) in [5, 5.41) is 3.28. The quantitative estimate of drug-likeness (QED) is 0.781. The van der Waals surface area contributed by atoms with Crippen molar-refractivity contribution in [2.75, 3.05) is 6.54 Å². The van der Waals surface area contributed by atoms with Gasteiger partial charge >= 0.3 is 0 Å². The summed E-state index contributed by atoms with van der Waals surface area (Å²) in [6, 6.07) is 9.79. The van der Waals surface area contributed by atoms with Crippen molar-refractivity contribution >= 4 is 5.91 Å². The molecule has 1 aromatic rings. The first-order valence-electron chi connectivity index (χ1n) is 6.48.